The molecule has 54 valence electrons. The number of rotatable bonds is 1. The van der Waals surface area contributed by atoms with E-state index >= 15 is 0 Å². The molecule has 1 rings (SSSR count). The van der Waals surface area contributed by atoms with Crippen LogP contribution in [0.15, 0.2) is 15.6 Å². The molecule has 0 N–H and O–H groups in total. The molecular weight excluding hydrogens is 194 g/mol. The van der Waals surface area contributed by atoms with E-state index in [4.69, 9.17) is 0 Å². The summed E-state index contributed by atoms with van der Waals surface area (Å²) in [6.07, 6.45) is 6.69. The predicted octanol–water partition coefficient (Wildman–Crippen LogP) is 2.15. The van der Waals surface area contributed by atoms with Gasteiger partial charge in [-0.15, -0.1) is 0 Å². The summed E-state index contributed by atoms with van der Waals surface area (Å²) in [5.74, 6) is 0. The van der Waals surface area contributed by atoms with Crippen LogP contribution in [0.25, 0.3) is 0 Å². The van der Waals surface area contributed by atoms with Gasteiger partial charge < -0.3 is 0 Å². The summed E-state index contributed by atoms with van der Waals surface area (Å²) in [5, 5.41) is 0. The fraction of sp³-hybridized carbons (Fsp3) is 0.571. The van der Waals surface area contributed by atoms with Gasteiger partial charge >= 0.3 is 0 Å². The van der Waals surface area contributed by atoms with Gasteiger partial charge in [0.1, 0.15) is 0 Å². The second-order valence-corrected chi connectivity index (χ2v) is 3.31. The second-order valence-electron chi connectivity index (χ2n) is 2.29. The van der Waals surface area contributed by atoms with Gasteiger partial charge in [0.15, 0.2) is 0 Å². The Hall–Kier alpha value is -0.400. The Labute approximate surface area is 68.2 Å². The Kier molecular flexibility index (Phi) is 2.84. The van der Waals surface area contributed by atoms with Crippen molar-refractivity contribution in [1.29, 1.82) is 0 Å². The fourth-order valence-corrected chi connectivity index (χ4v) is 1.61. The number of allylic oxidation sites excluding steroid dienone is 1. The Morgan fingerprint density at radius 2 is 2.60 bits per heavy atom. The summed E-state index contributed by atoms with van der Waals surface area (Å²) in [4.78, 5) is 13.5. The van der Waals surface area contributed by atoms with E-state index in [0.29, 0.717) is 0 Å². The Balaban J connectivity index is 2.61. The van der Waals surface area contributed by atoms with Crippen molar-refractivity contribution in [3.05, 3.63) is 10.6 Å². The van der Waals surface area contributed by atoms with Crippen LogP contribution in [0, 0.1) is 0 Å². The van der Waals surface area contributed by atoms with Gasteiger partial charge in [0.05, 0.1) is 6.04 Å². The highest BCUT2D eigenvalue weighted by molar-refractivity contribution is 9.11. The molecular formula is C7H8BrNO. The molecule has 3 heteroatoms. The first kappa shape index (κ1) is 7.70. The van der Waals surface area contributed by atoms with Crippen LogP contribution in [0.2, 0.25) is 0 Å². The van der Waals surface area contributed by atoms with E-state index in [1.165, 1.54) is 0 Å². The number of nitrogens with zero attached hydrogens (tertiary/aromatic N) is 1. The standard InChI is InChI=1S/C7H8BrNO/c8-6-2-1-3-7(4-6)9-5-10/h4,7H,1-3H2. The van der Waals surface area contributed by atoms with Crippen molar-refractivity contribution in [2.75, 3.05) is 0 Å². The summed E-state index contributed by atoms with van der Waals surface area (Å²) in [7, 11) is 0. The Morgan fingerprint density at radius 1 is 1.80 bits per heavy atom. The first-order chi connectivity index (χ1) is 4.83. The SMILES string of the molecule is O=C=NC1C=C(Br)CCC1. The van der Waals surface area contributed by atoms with Crippen LogP contribution in [-0.2, 0) is 4.79 Å². The molecule has 10 heavy (non-hydrogen) atoms. The molecule has 0 amide bonds. The molecule has 0 aliphatic heterocycles. The lowest BCUT2D eigenvalue weighted by molar-refractivity contribution is 0.555. The minimum atomic E-state index is 0.0700. The molecule has 1 aliphatic carbocycles. The number of carbonyl (C=O) groups excluding carboxylic acids is 1. The van der Waals surface area contributed by atoms with Crippen LogP contribution in [0.1, 0.15) is 19.3 Å². The Bertz CT molecular complexity index is 194. The van der Waals surface area contributed by atoms with Crippen LogP contribution in [0.4, 0.5) is 0 Å². The maximum absolute atomic E-state index is 9.84. The zero-order valence-electron chi connectivity index (χ0n) is 5.51. The molecule has 1 atom stereocenters. The van der Waals surface area contributed by atoms with Crippen molar-refractivity contribution >= 4 is 22.0 Å². The van der Waals surface area contributed by atoms with E-state index in [9.17, 15) is 4.79 Å². The van der Waals surface area contributed by atoms with Gasteiger partial charge in [0, 0.05) is 0 Å². The van der Waals surface area contributed by atoms with E-state index in [1.54, 1.807) is 6.08 Å². The van der Waals surface area contributed by atoms with Crippen LogP contribution in [0.3, 0.4) is 0 Å². The molecule has 0 saturated carbocycles. The highest BCUT2D eigenvalue weighted by Gasteiger charge is 2.09. The maximum atomic E-state index is 9.84. The lowest BCUT2D eigenvalue weighted by atomic mass is 10.0. The third-order valence-electron chi connectivity index (χ3n) is 1.51. The number of isocyanates is 1. The van der Waals surface area contributed by atoms with Gasteiger partial charge in [-0.25, -0.2) is 4.79 Å². The summed E-state index contributed by atoms with van der Waals surface area (Å²) in [5.41, 5.74) is 0. The molecule has 0 spiro atoms. The first-order valence-corrected chi connectivity index (χ1v) is 4.05. The lowest BCUT2D eigenvalue weighted by Gasteiger charge is -2.11. The molecule has 0 aromatic carbocycles. The molecule has 0 radical (unpaired) electrons. The van der Waals surface area contributed by atoms with Gasteiger partial charge in [-0.05, 0) is 29.8 Å². The summed E-state index contributed by atoms with van der Waals surface area (Å²) in [6, 6.07) is 0.0700. The number of hydrogen-bond acceptors (Lipinski definition) is 2. The monoisotopic (exact) mass is 201 g/mol. The molecule has 0 aromatic rings. The largest absolute Gasteiger partial charge is 0.235 e. The van der Waals surface area contributed by atoms with E-state index in [-0.39, 0.29) is 6.04 Å². The quantitative estimate of drug-likeness (QED) is 0.473. The van der Waals surface area contributed by atoms with Crippen molar-refractivity contribution in [3.8, 4) is 0 Å². The topological polar surface area (TPSA) is 29.4 Å². The van der Waals surface area contributed by atoms with Crippen molar-refractivity contribution < 1.29 is 4.79 Å². The molecule has 1 aliphatic rings. The van der Waals surface area contributed by atoms with Gasteiger partial charge in [0.2, 0.25) is 6.08 Å². The second kappa shape index (κ2) is 3.69. The van der Waals surface area contributed by atoms with Gasteiger partial charge in [-0.2, -0.15) is 4.99 Å². The van der Waals surface area contributed by atoms with Gasteiger partial charge in [-0.3, -0.25) is 0 Å². The number of hydrogen-bond donors (Lipinski definition) is 0. The van der Waals surface area contributed by atoms with E-state index in [0.717, 1.165) is 23.7 Å². The van der Waals surface area contributed by atoms with Gasteiger partial charge in [-0.1, -0.05) is 15.9 Å². The number of aliphatic imine (C=N–C) groups is 1. The van der Waals surface area contributed by atoms with E-state index in [1.807, 2.05) is 6.08 Å². The highest BCUT2D eigenvalue weighted by atomic mass is 79.9. The third kappa shape index (κ3) is 2.09. The minimum Gasteiger partial charge on any atom is -0.211 e. The molecule has 0 fully saturated rings. The molecule has 0 aromatic heterocycles. The average molecular weight is 202 g/mol. The average Bonchev–Trinajstić information content (AvgIpc) is 1.88. The summed E-state index contributed by atoms with van der Waals surface area (Å²) < 4.78 is 1.16. The third-order valence-corrected chi connectivity index (χ3v) is 2.17. The van der Waals surface area contributed by atoms with Crippen LogP contribution >= 0.6 is 15.9 Å². The first-order valence-electron chi connectivity index (χ1n) is 3.26. The van der Waals surface area contributed by atoms with E-state index < -0.39 is 0 Å². The van der Waals surface area contributed by atoms with Crippen molar-refractivity contribution in [3.63, 3.8) is 0 Å². The van der Waals surface area contributed by atoms with Crippen molar-refractivity contribution in [2.45, 2.75) is 25.3 Å². The molecule has 0 bridgehead atoms. The minimum absolute atomic E-state index is 0.0700. The Morgan fingerprint density at radius 3 is 3.20 bits per heavy atom. The zero-order chi connectivity index (χ0) is 7.40. The van der Waals surface area contributed by atoms with Crippen molar-refractivity contribution in [2.24, 2.45) is 4.99 Å². The lowest BCUT2D eigenvalue weighted by Crippen LogP contribution is -2.04. The van der Waals surface area contributed by atoms with Gasteiger partial charge in [0.25, 0.3) is 0 Å². The van der Waals surface area contributed by atoms with Crippen LogP contribution in [-0.4, -0.2) is 12.1 Å². The predicted molar refractivity (Wildman–Crippen MR) is 42.8 cm³/mol. The highest BCUT2D eigenvalue weighted by Crippen LogP contribution is 2.23. The normalized spacial score (nSPS) is 24.9. The van der Waals surface area contributed by atoms with E-state index in [2.05, 4.69) is 20.9 Å². The summed E-state index contributed by atoms with van der Waals surface area (Å²) in [6.45, 7) is 0. The fourth-order valence-electron chi connectivity index (χ4n) is 1.03. The molecule has 1 unspecified atom stereocenters. The number of halogens is 1. The molecule has 0 saturated heterocycles. The smallest absolute Gasteiger partial charge is 0.211 e. The molecule has 0 heterocycles. The van der Waals surface area contributed by atoms with Crippen LogP contribution < -0.4 is 0 Å². The molecule has 2 nitrogen and oxygen atoms in total. The summed E-state index contributed by atoms with van der Waals surface area (Å²) >= 11 is 3.37. The zero-order valence-corrected chi connectivity index (χ0v) is 7.10. The van der Waals surface area contributed by atoms with Crippen molar-refractivity contribution in [1.82, 2.24) is 0 Å². The van der Waals surface area contributed by atoms with Crippen LogP contribution in [0.5, 0.6) is 0 Å². The maximum Gasteiger partial charge on any atom is 0.235 e.